The molecule has 0 spiro atoms. The Kier molecular flexibility index (Phi) is 18.6. The molecule has 2 aromatic rings. The molecule has 4 N–H and O–H groups in total. The second-order valence-corrected chi connectivity index (χ2v) is 17.5. The molecule has 9 atom stereocenters. The predicted molar refractivity (Wildman–Crippen MR) is 233 cm³/mol. The lowest BCUT2D eigenvalue weighted by Crippen LogP contribution is -2.55. The highest BCUT2D eigenvalue weighted by atomic mass is 32.2. The van der Waals surface area contributed by atoms with Crippen LogP contribution in [-0.2, 0) is 41.6 Å². The van der Waals surface area contributed by atoms with Gasteiger partial charge in [-0.05, 0) is 66.8 Å². The number of likely N-dealkylation sites (N-methyl/N-ethyl adjacent to an activating group) is 2. The first-order valence-electron chi connectivity index (χ1n) is 21.0. The van der Waals surface area contributed by atoms with E-state index in [4.69, 9.17) is 9.47 Å². The highest BCUT2D eigenvalue weighted by Crippen LogP contribution is 2.30. The molecule has 0 aliphatic carbocycles. The van der Waals surface area contributed by atoms with E-state index < -0.39 is 30.2 Å². The lowest BCUT2D eigenvalue weighted by molar-refractivity contribution is -0.146. The molecule has 326 valence electrons. The van der Waals surface area contributed by atoms with Crippen molar-refractivity contribution in [2.75, 3.05) is 41.4 Å². The van der Waals surface area contributed by atoms with Crippen molar-refractivity contribution in [1.29, 1.82) is 0 Å². The summed E-state index contributed by atoms with van der Waals surface area (Å²) in [4.78, 5) is 60.9. The molecule has 4 rings (SSSR count). The molecule has 13 nitrogen and oxygen atoms in total. The van der Waals surface area contributed by atoms with E-state index in [9.17, 15) is 24.3 Å². The first-order chi connectivity index (χ1) is 28.2. The number of hydrogen-bond acceptors (Lipinski definition) is 10. The molecule has 2 aliphatic rings. The van der Waals surface area contributed by atoms with Gasteiger partial charge in [0.05, 0.1) is 60.6 Å². The number of thioether (sulfide) groups is 1. The summed E-state index contributed by atoms with van der Waals surface area (Å²) in [6, 6.07) is 15.6. The van der Waals surface area contributed by atoms with E-state index in [-0.39, 0.29) is 71.6 Å². The van der Waals surface area contributed by atoms with Gasteiger partial charge in [-0.1, -0.05) is 83.5 Å². The molecule has 0 saturated carbocycles. The van der Waals surface area contributed by atoms with Gasteiger partial charge >= 0.3 is 0 Å². The van der Waals surface area contributed by atoms with Crippen LogP contribution in [0.15, 0.2) is 66.2 Å². The Balaban J connectivity index is 1.40. The zero-order valence-electron chi connectivity index (χ0n) is 36.4. The van der Waals surface area contributed by atoms with Crippen molar-refractivity contribution in [2.45, 2.75) is 115 Å². The largest absolute Gasteiger partial charge is 0.508 e. The van der Waals surface area contributed by atoms with E-state index in [2.05, 4.69) is 28.1 Å². The van der Waals surface area contributed by atoms with Crippen LogP contribution in [0.4, 0.5) is 0 Å². The molecule has 2 aromatic carbocycles. The number of nitrogens with zero attached hydrogens (tertiary/aromatic N) is 3. The topological polar surface area (TPSA) is 153 Å². The number of phenolic OH excluding ortho intramolecular Hbond substituents is 1. The molecular formula is C45H68N6O7S. The van der Waals surface area contributed by atoms with Gasteiger partial charge in [0.1, 0.15) is 5.75 Å². The molecule has 0 aromatic heterocycles. The van der Waals surface area contributed by atoms with Gasteiger partial charge in [-0.2, -0.15) is 0 Å². The summed E-state index contributed by atoms with van der Waals surface area (Å²) >= 11 is 1.64. The van der Waals surface area contributed by atoms with Crippen LogP contribution in [0.25, 0.3) is 0 Å². The van der Waals surface area contributed by atoms with E-state index in [0.717, 1.165) is 24.0 Å². The Morgan fingerprint density at radius 2 is 1.66 bits per heavy atom. The Morgan fingerprint density at radius 1 is 0.966 bits per heavy atom. The number of carbonyl (C=O) groups excluding carboxylic acids is 4. The number of hydrogen-bond donors (Lipinski definition) is 4. The number of nitrogens with one attached hydrogen (secondary N) is 3. The number of amides is 4. The normalized spacial score (nSPS) is 20.0. The fourth-order valence-electron chi connectivity index (χ4n) is 8.64. The van der Waals surface area contributed by atoms with Crippen LogP contribution in [0.1, 0.15) is 71.4 Å². The van der Waals surface area contributed by atoms with Crippen LogP contribution >= 0.6 is 11.8 Å². The van der Waals surface area contributed by atoms with Crippen molar-refractivity contribution in [3.8, 4) is 5.75 Å². The predicted octanol–water partition coefficient (Wildman–Crippen LogP) is 4.75. The first kappa shape index (κ1) is 47.6. The Labute approximate surface area is 356 Å². The average Bonchev–Trinajstić information content (AvgIpc) is 3.94. The van der Waals surface area contributed by atoms with Crippen LogP contribution in [0.2, 0.25) is 0 Å². The number of methoxy groups -OCH3 is 2. The minimum Gasteiger partial charge on any atom is -0.508 e. The monoisotopic (exact) mass is 836 g/mol. The molecular weight excluding hydrogens is 769 g/mol. The van der Waals surface area contributed by atoms with E-state index in [1.54, 1.807) is 50.1 Å². The molecule has 1 unspecified atom stereocenters. The van der Waals surface area contributed by atoms with Gasteiger partial charge in [-0.25, -0.2) is 0 Å². The Hall–Kier alpha value is -4.11. The van der Waals surface area contributed by atoms with E-state index >= 15 is 0 Å². The SMILES string of the molecule is CC[C@H](C)[C@@H]([C@@H](CC(=O)N1CCC[C@H]1[C@H](OC)[C@@H](C)C(=O)N[C@@H](Cc1ccccc1)C1NC=CS1)OC)N(C)C(=O)CNC(=O)[C@H](C(C)C)N(C)Cc1ccc(O)cc1. The fourth-order valence-corrected chi connectivity index (χ4v) is 9.48. The van der Waals surface area contributed by atoms with Crippen LogP contribution in [0.3, 0.4) is 0 Å². The summed E-state index contributed by atoms with van der Waals surface area (Å²) < 4.78 is 12.1. The van der Waals surface area contributed by atoms with Crippen LogP contribution in [-0.4, -0.2) is 127 Å². The van der Waals surface area contributed by atoms with E-state index in [0.29, 0.717) is 25.9 Å². The van der Waals surface area contributed by atoms with E-state index in [1.807, 2.05) is 93.4 Å². The third-order valence-corrected chi connectivity index (χ3v) is 13.1. The van der Waals surface area contributed by atoms with E-state index in [1.165, 1.54) is 0 Å². The molecule has 4 amide bonds. The van der Waals surface area contributed by atoms with Gasteiger partial charge in [0.25, 0.3) is 0 Å². The van der Waals surface area contributed by atoms with Crippen molar-refractivity contribution in [3.05, 3.63) is 77.3 Å². The van der Waals surface area contributed by atoms with Gasteiger partial charge in [0, 0.05) is 40.6 Å². The number of benzene rings is 2. The van der Waals surface area contributed by atoms with Crippen molar-refractivity contribution in [2.24, 2.45) is 17.8 Å². The van der Waals surface area contributed by atoms with Gasteiger partial charge in [-0.15, -0.1) is 11.8 Å². The molecule has 0 bridgehead atoms. The standard InChI is InChI=1S/C45H68N6O7S/c1-10-30(4)41(50(7)39(54)27-47-44(56)40(29(2)3)49(6)28-33-18-20-34(52)21-19-33)37(57-8)26-38(53)51-23-14-17-36(51)42(58-9)31(5)43(55)48-35(45-46-22-24-59-45)25-32-15-12-11-13-16-32/h11-13,15-16,18-22,24,29-31,35-37,40-42,45-46,52H,10,14,17,23,25-28H2,1-9H3,(H,47,56)(H,48,55)/t30-,31+,35-,36-,37+,40-,41-,42+,45?/m0/s1. The molecule has 1 fully saturated rings. The lowest BCUT2D eigenvalue weighted by atomic mass is 9.90. The second kappa shape index (κ2) is 23.0. The second-order valence-electron chi connectivity index (χ2n) is 16.5. The maximum Gasteiger partial charge on any atom is 0.242 e. The highest BCUT2D eigenvalue weighted by molar-refractivity contribution is 8.03. The average molecular weight is 837 g/mol. The number of phenols is 1. The highest BCUT2D eigenvalue weighted by Gasteiger charge is 2.42. The molecule has 0 radical (unpaired) electrons. The summed E-state index contributed by atoms with van der Waals surface area (Å²) in [5.74, 6) is -1.20. The maximum absolute atomic E-state index is 14.3. The number of carbonyl (C=O) groups is 4. The molecule has 2 aliphatic heterocycles. The van der Waals surface area contributed by atoms with Crippen LogP contribution in [0.5, 0.6) is 5.75 Å². The van der Waals surface area contributed by atoms with Gasteiger partial charge < -0.3 is 40.3 Å². The smallest absolute Gasteiger partial charge is 0.242 e. The van der Waals surface area contributed by atoms with Crippen molar-refractivity contribution >= 4 is 35.4 Å². The number of rotatable bonds is 22. The number of likely N-dealkylation sites (tertiary alicyclic amines) is 1. The summed E-state index contributed by atoms with van der Waals surface area (Å²) in [7, 11) is 6.74. The van der Waals surface area contributed by atoms with Crippen molar-refractivity contribution in [1.82, 2.24) is 30.7 Å². The van der Waals surface area contributed by atoms with Crippen LogP contribution in [0, 0.1) is 17.8 Å². The van der Waals surface area contributed by atoms with Crippen molar-refractivity contribution in [3.63, 3.8) is 0 Å². The molecule has 14 heteroatoms. The third kappa shape index (κ3) is 12.9. The Bertz CT molecular complexity index is 1670. The minimum absolute atomic E-state index is 0.0104. The summed E-state index contributed by atoms with van der Waals surface area (Å²) in [5, 5.41) is 21.2. The summed E-state index contributed by atoms with van der Waals surface area (Å²) in [6.07, 6.45) is 3.67. The number of ether oxygens (including phenoxy) is 2. The quantitative estimate of drug-likeness (QED) is 0.131. The number of aromatic hydroxyl groups is 1. The first-order valence-corrected chi connectivity index (χ1v) is 21.9. The summed E-state index contributed by atoms with van der Waals surface area (Å²) in [6.45, 7) is 10.7. The Morgan fingerprint density at radius 3 is 2.25 bits per heavy atom. The maximum atomic E-state index is 14.3. The van der Waals surface area contributed by atoms with Crippen LogP contribution < -0.4 is 16.0 Å². The minimum atomic E-state index is -0.617. The van der Waals surface area contributed by atoms with Gasteiger partial charge in [0.15, 0.2) is 0 Å². The van der Waals surface area contributed by atoms with Crippen molar-refractivity contribution < 1.29 is 33.8 Å². The molecule has 2 heterocycles. The van der Waals surface area contributed by atoms with Gasteiger partial charge in [0.2, 0.25) is 23.6 Å². The summed E-state index contributed by atoms with van der Waals surface area (Å²) in [5.41, 5.74) is 2.08. The molecule has 1 saturated heterocycles. The zero-order chi connectivity index (χ0) is 43.2. The molecule has 59 heavy (non-hydrogen) atoms. The zero-order valence-corrected chi connectivity index (χ0v) is 37.2. The lowest BCUT2D eigenvalue weighted by Gasteiger charge is -2.39. The fraction of sp³-hybridized carbons (Fsp3) is 0.600. The van der Waals surface area contributed by atoms with Gasteiger partial charge in [-0.3, -0.25) is 24.1 Å². The third-order valence-electron chi connectivity index (χ3n) is 12.0.